The Kier molecular flexibility index (Phi) is 5.97. The summed E-state index contributed by atoms with van der Waals surface area (Å²) in [6.45, 7) is 7.47. The third-order valence-corrected chi connectivity index (χ3v) is 10.7. The summed E-state index contributed by atoms with van der Waals surface area (Å²) in [5.41, 5.74) is -4.81. The van der Waals surface area contributed by atoms with Crippen molar-refractivity contribution >= 4 is 33.5 Å². The molecule has 5 nitrogen and oxygen atoms in total. The third kappa shape index (κ3) is 2.85. The highest BCUT2D eigenvalue weighted by atomic mass is 79.9. The summed E-state index contributed by atoms with van der Waals surface area (Å²) >= 11 is 3.29. The van der Waals surface area contributed by atoms with Gasteiger partial charge in [-0.2, -0.15) is 0 Å². The minimum absolute atomic E-state index is 0.0417. The molecule has 1 N–H and O–H groups in total. The summed E-state index contributed by atoms with van der Waals surface area (Å²) in [6, 6.07) is 0. The van der Waals surface area contributed by atoms with Gasteiger partial charge < -0.3 is 9.84 Å². The Bertz CT molecular complexity index is 833. The van der Waals surface area contributed by atoms with Crippen LogP contribution in [0.4, 0.5) is 4.39 Å². The van der Waals surface area contributed by atoms with Gasteiger partial charge in [-0.05, 0) is 49.9 Å². The summed E-state index contributed by atoms with van der Waals surface area (Å²) in [5, 5.41) is 11.5. The van der Waals surface area contributed by atoms with E-state index in [0.29, 0.717) is 32.1 Å². The molecule has 0 aliphatic heterocycles. The number of fused-ring (bicyclic) bond motifs is 5. The number of ether oxygens (including phenoxy) is 1. The molecule has 0 bridgehead atoms. The van der Waals surface area contributed by atoms with E-state index < -0.39 is 40.1 Å². The van der Waals surface area contributed by atoms with Crippen molar-refractivity contribution in [3.63, 3.8) is 0 Å². The number of aliphatic hydroxyl groups excluding tert-OH is 1. The molecule has 0 unspecified atom stereocenters. The van der Waals surface area contributed by atoms with Crippen LogP contribution in [0, 0.1) is 34.5 Å². The summed E-state index contributed by atoms with van der Waals surface area (Å²) in [7, 11) is 0. The van der Waals surface area contributed by atoms with Crippen LogP contribution in [0.15, 0.2) is 0 Å². The van der Waals surface area contributed by atoms with Gasteiger partial charge in [-0.15, -0.1) is 0 Å². The van der Waals surface area contributed by atoms with Crippen LogP contribution in [0.2, 0.25) is 0 Å². The molecular formula is C25H36BrFO5. The third-order valence-electron chi connectivity index (χ3n) is 10.2. The van der Waals surface area contributed by atoms with Crippen molar-refractivity contribution in [2.45, 2.75) is 96.4 Å². The van der Waals surface area contributed by atoms with Crippen LogP contribution in [0.3, 0.4) is 0 Å². The summed E-state index contributed by atoms with van der Waals surface area (Å²) in [6.07, 6.45) is 2.05. The number of rotatable bonds is 4. The molecule has 0 saturated heterocycles. The first-order chi connectivity index (χ1) is 14.9. The van der Waals surface area contributed by atoms with Gasteiger partial charge in [0.25, 0.3) is 0 Å². The number of hydrogen-bond acceptors (Lipinski definition) is 5. The van der Waals surface area contributed by atoms with Crippen LogP contribution in [0.25, 0.3) is 0 Å². The number of Topliss-reactive ketones (excluding diaryl/α,β-unsaturated/α-hetero) is 2. The number of alkyl halides is 2. The predicted molar refractivity (Wildman–Crippen MR) is 121 cm³/mol. The maximum atomic E-state index is 17.3. The summed E-state index contributed by atoms with van der Waals surface area (Å²) in [4.78, 5) is 38.0. The fourth-order valence-electron chi connectivity index (χ4n) is 8.59. The smallest absolute Gasteiger partial charge is 0.306 e. The number of halogens is 2. The highest BCUT2D eigenvalue weighted by Gasteiger charge is 2.77. The second-order valence-electron chi connectivity index (χ2n) is 11.3. The predicted octanol–water partition coefficient (Wildman–Crippen LogP) is 4.56. The average molecular weight is 515 g/mol. The quantitative estimate of drug-likeness (QED) is 0.439. The van der Waals surface area contributed by atoms with Gasteiger partial charge in [-0.3, -0.25) is 14.4 Å². The molecular weight excluding hydrogens is 479 g/mol. The molecule has 7 heteroatoms. The zero-order valence-electron chi connectivity index (χ0n) is 19.6. The Morgan fingerprint density at radius 1 is 1.22 bits per heavy atom. The highest BCUT2D eigenvalue weighted by molar-refractivity contribution is 9.09. The monoisotopic (exact) mass is 514 g/mol. The largest absolute Gasteiger partial charge is 0.450 e. The van der Waals surface area contributed by atoms with Crippen LogP contribution < -0.4 is 0 Å². The van der Waals surface area contributed by atoms with Gasteiger partial charge in [0.1, 0.15) is 11.5 Å². The van der Waals surface area contributed by atoms with E-state index in [1.165, 1.54) is 0 Å². The van der Waals surface area contributed by atoms with Crippen LogP contribution in [0.5, 0.6) is 0 Å². The van der Waals surface area contributed by atoms with E-state index >= 15 is 4.39 Å². The maximum absolute atomic E-state index is 17.3. The molecule has 0 heterocycles. The second-order valence-corrected chi connectivity index (χ2v) is 11.9. The zero-order chi connectivity index (χ0) is 23.7. The number of hydrogen-bond donors (Lipinski definition) is 1. The molecule has 4 aliphatic rings. The molecule has 0 aromatic carbocycles. The molecule has 4 fully saturated rings. The van der Waals surface area contributed by atoms with E-state index in [1.54, 1.807) is 6.92 Å². The number of esters is 1. The van der Waals surface area contributed by atoms with Gasteiger partial charge in [-0.25, -0.2) is 4.39 Å². The molecule has 0 radical (unpaired) electrons. The first kappa shape index (κ1) is 24.3. The minimum atomic E-state index is -1.82. The van der Waals surface area contributed by atoms with E-state index in [0.717, 1.165) is 6.42 Å². The van der Waals surface area contributed by atoms with E-state index in [4.69, 9.17) is 4.74 Å². The van der Waals surface area contributed by atoms with E-state index in [2.05, 4.69) is 15.9 Å². The first-order valence-corrected chi connectivity index (χ1v) is 13.2. The standard InChI is InChI=1S/C25H36BrFO5/c1-5-21(31)32-25(20(30)13-26)14(2)10-18-17-7-6-15-11-16(28)8-9-22(15,3)24(17,27)19(29)12-23(18,25)4/h14-15,17-19,29H,5-13H2,1-4H3/t14-,15-,17+,18+,19+,22+,23+,24+,25-/m1/s1. The lowest BCUT2D eigenvalue weighted by Gasteiger charge is -2.65. The maximum Gasteiger partial charge on any atom is 0.306 e. The lowest BCUT2D eigenvalue weighted by molar-refractivity contribution is -0.257. The molecule has 0 amide bonds. The van der Waals surface area contributed by atoms with E-state index in [9.17, 15) is 19.5 Å². The molecule has 9 atom stereocenters. The highest BCUT2D eigenvalue weighted by Crippen LogP contribution is 2.72. The molecule has 0 aromatic heterocycles. The Balaban J connectivity index is 1.81. The molecule has 4 rings (SSSR count). The van der Waals surface area contributed by atoms with Gasteiger partial charge in [-0.1, -0.05) is 43.6 Å². The van der Waals surface area contributed by atoms with Gasteiger partial charge in [0.2, 0.25) is 0 Å². The number of carbonyl (C=O) groups excluding carboxylic acids is 3. The summed E-state index contributed by atoms with van der Waals surface area (Å²) < 4.78 is 23.3. The number of carbonyl (C=O) groups is 3. The normalized spacial score (nSPS) is 50.2. The molecule has 4 saturated carbocycles. The average Bonchev–Trinajstić information content (AvgIpc) is 2.96. The Hall–Kier alpha value is -0.820. The van der Waals surface area contributed by atoms with E-state index in [1.807, 2.05) is 20.8 Å². The van der Waals surface area contributed by atoms with Crippen LogP contribution >= 0.6 is 15.9 Å². The number of aliphatic hydroxyl groups is 1. The van der Waals surface area contributed by atoms with Gasteiger partial charge >= 0.3 is 5.97 Å². The zero-order valence-corrected chi connectivity index (χ0v) is 21.2. The molecule has 180 valence electrons. The Morgan fingerprint density at radius 3 is 2.53 bits per heavy atom. The fraction of sp³-hybridized carbons (Fsp3) is 0.880. The Morgan fingerprint density at radius 2 is 1.91 bits per heavy atom. The minimum Gasteiger partial charge on any atom is -0.450 e. The van der Waals surface area contributed by atoms with Crippen molar-refractivity contribution in [3.8, 4) is 0 Å². The first-order valence-electron chi connectivity index (χ1n) is 12.1. The lowest BCUT2D eigenvalue weighted by atomic mass is 9.42. The fourth-order valence-corrected chi connectivity index (χ4v) is 9.01. The Labute approximate surface area is 198 Å². The van der Waals surface area contributed by atoms with Crippen LogP contribution in [0.1, 0.15) is 79.1 Å². The molecule has 32 heavy (non-hydrogen) atoms. The van der Waals surface area contributed by atoms with E-state index in [-0.39, 0.29) is 47.5 Å². The van der Waals surface area contributed by atoms with Crippen molar-refractivity contribution in [2.24, 2.45) is 34.5 Å². The van der Waals surface area contributed by atoms with Crippen LogP contribution in [-0.2, 0) is 19.1 Å². The van der Waals surface area contributed by atoms with Crippen molar-refractivity contribution in [3.05, 3.63) is 0 Å². The van der Waals surface area contributed by atoms with Gasteiger partial charge in [0.15, 0.2) is 11.4 Å². The van der Waals surface area contributed by atoms with Gasteiger partial charge in [0.05, 0.1) is 11.4 Å². The lowest BCUT2D eigenvalue weighted by Crippen LogP contribution is -2.71. The molecule has 4 aliphatic carbocycles. The molecule has 0 aromatic rings. The van der Waals surface area contributed by atoms with Gasteiger partial charge in [0, 0.05) is 36.0 Å². The molecule has 0 spiro atoms. The topological polar surface area (TPSA) is 80.7 Å². The van der Waals surface area contributed by atoms with Crippen molar-refractivity contribution < 1.29 is 28.6 Å². The van der Waals surface area contributed by atoms with Crippen molar-refractivity contribution in [2.75, 3.05) is 5.33 Å². The van der Waals surface area contributed by atoms with Crippen LogP contribution in [-0.4, -0.2) is 45.3 Å². The number of ketones is 2. The SMILES string of the molecule is CCC(=O)O[C@@]1(C(=O)CBr)[C@H](C)C[C@H]2[C@@H]3CC[C@@H]4CC(=O)CC[C@]4(C)[C@@]3(F)[C@@H](O)C[C@@]21C. The second kappa shape index (κ2) is 7.86. The van der Waals surface area contributed by atoms with Crippen molar-refractivity contribution in [1.82, 2.24) is 0 Å². The summed E-state index contributed by atoms with van der Waals surface area (Å²) in [5.74, 6) is -1.42. The van der Waals surface area contributed by atoms with Crippen molar-refractivity contribution in [1.29, 1.82) is 0 Å².